The zero-order chi connectivity index (χ0) is 13.1. The molecule has 0 bridgehead atoms. The maximum atomic E-state index is 5.38. The number of rotatable bonds is 5. The summed E-state index contributed by atoms with van der Waals surface area (Å²) in [6, 6.07) is 5.93. The molecule has 1 aliphatic rings. The van der Waals surface area contributed by atoms with Gasteiger partial charge in [0.05, 0.1) is 10.7 Å². The van der Waals surface area contributed by atoms with Crippen LogP contribution in [0.5, 0.6) is 11.5 Å². The second-order valence-corrected chi connectivity index (χ2v) is 5.23. The molecule has 3 rings (SSSR count). The molecule has 0 aliphatic carbocycles. The van der Waals surface area contributed by atoms with E-state index < -0.39 is 0 Å². The molecule has 0 N–H and O–H groups in total. The fraction of sp³-hybridized carbons (Fsp3) is 0.357. The van der Waals surface area contributed by atoms with Gasteiger partial charge in [0.25, 0.3) is 0 Å². The first-order valence-electron chi connectivity index (χ1n) is 6.20. The van der Waals surface area contributed by atoms with Crippen LogP contribution in [-0.4, -0.2) is 25.5 Å². The van der Waals surface area contributed by atoms with Crippen molar-refractivity contribution >= 4 is 11.3 Å². The van der Waals surface area contributed by atoms with Gasteiger partial charge < -0.3 is 14.2 Å². The Balaban J connectivity index is 1.75. The Kier molecular flexibility index (Phi) is 3.66. The zero-order valence-electron chi connectivity index (χ0n) is 10.7. The number of aryl methyl sites for hydroxylation is 1. The third-order valence-electron chi connectivity index (χ3n) is 2.96. The van der Waals surface area contributed by atoms with E-state index in [1.165, 1.54) is 0 Å². The number of methoxy groups -OCH3 is 1. The SMILES string of the molecule is COCCCc1nc(-c2ccc3c(c2)OCO3)cs1. The zero-order valence-corrected chi connectivity index (χ0v) is 11.5. The molecule has 1 aromatic heterocycles. The molecule has 2 heterocycles. The van der Waals surface area contributed by atoms with Gasteiger partial charge in [-0.05, 0) is 24.6 Å². The maximum Gasteiger partial charge on any atom is 0.231 e. The van der Waals surface area contributed by atoms with Gasteiger partial charge in [0.1, 0.15) is 0 Å². The van der Waals surface area contributed by atoms with E-state index in [1.54, 1.807) is 18.4 Å². The minimum absolute atomic E-state index is 0.304. The van der Waals surface area contributed by atoms with Gasteiger partial charge in [0.15, 0.2) is 11.5 Å². The van der Waals surface area contributed by atoms with Crippen molar-refractivity contribution in [2.24, 2.45) is 0 Å². The van der Waals surface area contributed by atoms with Crippen LogP contribution in [0.4, 0.5) is 0 Å². The van der Waals surface area contributed by atoms with E-state index in [0.29, 0.717) is 6.79 Å². The quantitative estimate of drug-likeness (QED) is 0.787. The highest BCUT2D eigenvalue weighted by atomic mass is 32.1. The summed E-state index contributed by atoms with van der Waals surface area (Å²) in [5, 5.41) is 3.23. The van der Waals surface area contributed by atoms with Crippen LogP contribution in [0.15, 0.2) is 23.6 Å². The third-order valence-corrected chi connectivity index (χ3v) is 3.87. The van der Waals surface area contributed by atoms with Crippen LogP contribution in [0.1, 0.15) is 11.4 Å². The maximum absolute atomic E-state index is 5.38. The Labute approximate surface area is 116 Å². The van der Waals surface area contributed by atoms with Crippen molar-refractivity contribution in [2.45, 2.75) is 12.8 Å². The van der Waals surface area contributed by atoms with Crippen LogP contribution in [-0.2, 0) is 11.2 Å². The van der Waals surface area contributed by atoms with E-state index in [-0.39, 0.29) is 0 Å². The molecule has 0 fully saturated rings. The predicted molar refractivity (Wildman–Crippen MR) is 73.9 cm³/mol. The van der Waals surface area contributed by atoms with Crippen LogP contribution in [0.3, 0.4) is 0 Å². The van der Waals surface area contributed by atoms with Gasteiger partial charge in [-0.15, -0.1) is 11.3 Å². The number of ether oxygens (including phenoxy) is 3. The van der Waals surface area contributed by atoms with E-state index >= 15 is 0 Å². The predicted octanol–water partition coefficient (Wildman–Crippen LogP) is 3.12. The highest BCUT2D eigenvalue weighted by molar-refractivity contribution is 7.09. The molecule has 0 spiro atoms. The summed E-state index contributed by atoms with van der Waals surface area (Å²) in [6.45, 7) is 1.08. The van der Waals surface area contributed by atoms with E-state index in [4.69, 9.17) is 14.2 Å². The lowest BCUT2D eigenvalue weighted by Gasteiger charge is -1.99. The average molecular weight is 277 g/mol. The second kappa shape index (κ2) is 5.59. The molecule has 19 heavy (non-hydrogen) atoms. The van der Waals surface area contributed by atoms with E-state index in [0.717, 1.165) is 47.2 Å². The highest BCUT2D eigenvalue weighted by Gasteiger charge is 2.14. The molecule has 4 nitrogen and oxygen atoms in total. The van der Waals surface area contributed by atoms with E-state index in [1.807, 2.05) is 18.2 Å². The summed E-state index contributed by atoms with van der Waals surface area (Å²) in [5.41, 5.74) is 2.06. The molecule has 1 aliphatic heterocycles. The van der Waals surface area contributed by atoms with Gasteiger partial charge in [-0.1, -0.05) is 0 Å². The van der Waals surface area contributed by atoms with Gasteiger partial charge in [0.2, 0.25) is 6.79 Å². The van der Waals surface area contributed by atoms with Crippen molar-refractivity contribution in [1.82, 2.24) is 4.98 Å². The Morgan fingerprint density at radius 1 is 1.32 bits per heavy atom. The fourth-order valence-corrected chi connectivity index (χ4v) is 2.83. The minimum Gasteiger partial charge on any atom is -0.454 e. The normalized spacial score (nSPS) is 12.9. The van der Waals surface area contributed by atoms with Crippen LogP contribution < -0.4 is 9.47 Å². The summed E-state index contributed by atoms with van der Waals surface area (Å²) in [5.74, 6) is 1.60. The van der Waals surface area contributed by atoms with E-state index in [2.05, 4.69) is 10.4 Å². The first kappa shape index (κ1) is 12.4. The molecular formula is C14H15NO3S. The van der Waals surface area contributed by atoms with Crippen molar-refractivity contribution in [1.29, 1.82) is 0 Å². The lowest BCUT2D eigenvalue weighted by Crippen LogP contribution is -1.92. The van der Waals surface area contributed by atoms with Gasteiger partial charge in [-0.25, -0.2) is 4.98 Å². The fourth-order valence-electron chi connectivity index (χ4n) is 1.98. The smallest absolute Gasteiger partial charge is 0.231 e. The standard InChI is InChI=1S/C14H15NO3S/c1-16-6-2-3-14-15-11(8-19-14)10-4-5-12-13(7-10)18-9-17-12/h4-5,7-8H,2-3,6,9H2,1H3. The highest BCUT2D eigenvalue weighted by Crippen LogP contribution is 2.36. The Morgan fingerprint density at radius 2 is 2.21 bits per heavy atom. The van der Waals surface area contributed by atoms with Crippen molar-refractivity contribution < 1.29 is 14.2 Å². The molecule has 1 aromatic carbocycles. The largest absolute Gasteiger partial charge is 0.454 e. The average Bonchev–Trinajstić information content (AvgIpc) is 3.06. The molecule has 0 saturated heterocycles. The molecule has 100 valence electrons. The lowest BCUT2D eigenvalue weighted by molar-refractivity contribution is 0.174. The summed E-state index contributed by atoms with van der Waals surface area (Å²) in [4.78, 5) is 4.64. The number of aromatic nitrogens is 1. The van der Waals surface area contributed by atoms with Gasteiger partial charge in [-0.2, -0.15) is 0 Å². The van der Waals surface area contributed by atoms with Crippen LogP contribution in [0.2, 0.25) is 0 Å². The van der Waals surface area contributed by atoms with Gasteiger partial charge >= 0.3 is 0 Å². The number of benzene rings is 1. The number of nitrogens with zero attached hydrogens (tertiary/aromatic N) is 1. The molecule has 5 heteroatoms. The summed E-state index contributed by atoms with van der Waals surface area (Å²) in [7, 11) is 1.72. The molecule has 0 radical (unpaired) electrons. The number of thiazole rings is 1. The van der Waals surface area contributed by atoms with Gasteiger partial charge in [-0.3, -0.25) is 0 Å². The molecule has 0 unspecified atom stereocenters. The first-order valence-corrected chi connectivity index (χ1v) is 7.08. The van der Waals surface area contributed by atoms with Crippen LogP contribution in [0, 0.1) is 0 Å². The second-order valence-electron chi connectivity index (χ2n) is 4.29. The Bertz CT molecular complexity index is 568. The molecule has 0 saturated carbocycles. The number of hydrogen-bond acceptors (Lipinski definition) is 5. The monoisotopic (exact) mass is 277 g/mol. The Morgan fingerprint density at radius 3 is 3.11 bits per heavy atom. The van der Waals surface area contributed by atoms with Crippen LogP contribution in [0.25, 0.3) is 11.3 Å². The first-order chi connectivity index (χ1) is 9.36. The lowest BCUT2D eigenvalue weighted by atomic mass is 10.1. The summed E-state index contributed by atoms with van der Waals surface area (Å²) >= 11 is 1.69. The molecule has 0 amide bonds. The topological polar surface area (TPSA) is 40.6 Å². The Hall–Kier alpha value is -1.59. The summed E-state index contributed by atoms with van der Waals surface area (Å²) in [6.07, 6.45) is 1.97. The van der Waals surface area contributed by atoms with Crippen molar-refractivity contribution in [2.75, 3.05) is 20.5 Å². The van der Waals surface area contributed by atoms with Crippen molar-refractivity contribution in [3.8, 4) is 22.8 Å². The number of fused-ring (bicyclic) bond motifs is 1. The third kappa shape index (κ3) is 2.72. The summed E-state index contributed by atoms with van der Waals surface area (Å²) < 4.78 is 15.7. The minimum atomic E-state index is 0.304. The molecule has 2 aromatic rings. The molecular weight excluding hydrogens is 262 g/mol. The van der Waals surface area contributed by atoms with Gasteiger partial charge in [0, 0.05) is 31.1 Å². The number of hydrogen-bond donors (Lipinski definition) is 0. The van der Waals surface area contributed by atoms with E-state index in [9.17, 15) is 0 Å². The molecule has 0 atom stereocenters. The van der Waals surface area contributed by atoms with Crippen LogP contribution >= 0.6 is 11.3 Å². The van der Waals surface area contributed by atoms with Crippen molar-refractivity contribution in [3.05, 3.63) is 28.6 Å². The van der Waals surface area contributed by atoms with Crippen molar-refractivity contribution in [3.63, 3.8) is 0 Å².